The number of nitriles is 1. The van der Waals surface area contributed by atoms with Crippen LogP contribution in [0.5, 0.6) is 0 Å². The number of carbonyl (C=O) groups excluding carboxylic acids is 1. The van der Waals surface area contributed by atoms with E-state index in [1.807, 2.05) is 0 Å². The van der Waals surface area contributed by atoms with Gasteiger partial charge in [-0.1, -0.05) is 0 Å². The van der Waals surface area contributed by atoms with Crippen LogP contribution in [0, 0.1) is 17.2 Å². The summed E-state index contributed by atoms with van der Waals surface area (Å²) < 4.78 is 5.18. The van der Waals surface area contributed by atoms with E-state index in [1.54, 1.807) is 20.8 Å². The molecule has 0 aromatic carbocycles. The Morgan fingerprint density at radius 1 is 1.50 bits per heavy atom. The number of carbonyl (C=O) groups is 1. The Morgan fingerprint density at radius 3 is 2.62 bits per heavy atom. The zero-order chi connectivity index (χ0) is 12.3. The van der Waals surface area contributed by atoms with Gasteiger partial charge in [0.1, 0.15) is 5.60 Å². The van der Waals surface area contributed by atoms with Crippen molar-refractivity contribution in [3.63, 3.8) is 0 Å². The van der Waals surface area contributed by atoms with Crippen LogP contribution in [-0.4, -0.2) is 40.9 Å². The fourth-order valence-electron chi connectivity index (χ4n) is 1.64. The minimum atomic E-state index is -0.633. The Labute approximate surface area is 95.6 Å². The van der Waals surface area contributed by atoms with Crippen molar-refractivity contribution in [1.29, 1.82) is 5.26 Å². The second kappa shape index (κ2) is 4.71. The molecule has 0 spiro atoms. The van der Waals surface area contributed by atoms with Crippen molar-refractivity contribution in [2.24, 2.45) is 5.92 Å². The summed E-state index contributed by atoms with van der Waals surface area (Å²) in [5.41, 5.74) is -0.554. The molecule has 1 saturated heterocycles. The first-order valence-corrected chi connectivity index (χ1v) is 5.37. The molecule has 2 unspecified atom stereocenters. The number of rotatable bonds is 0. The van der Waals surface area contributed by atoms with Crippen LogP contribution in [0.3, 0.4) is 0 Å². The van der Waals surface area contributed by atoms with E-state index in [0.29, 0.717) is 13.0 Å². The number of hydrogen-bond acceptors (Lipinski definition) is 4. The van der Waals surface area contributed by atoms with E-state index < -0.39 is 17.8 Å². The van der Waals surface area contributed by atoms with Crippen LogP contribution in [0.4, 0.5) is 4.79 Å². The summed E-state index contributed by atoms with van der Waals surface area (Å²) in [6.07, 6.45) is -0.673. The molecule has 1 aliphatic heterocycles. The lowest BCUT2D eigenvalue weighted by molar-refractivity contribution is -0.00207. The maximum absolute atomic E-state index is 11.7. The molecule has 16 heavy (non-hydrogen) atoms. The normalized spacial score (nSPS) is 26.1. The van der Waals surface area contributed by atoms with Crippen molar-refractivity contribution in [2.75, 3.05) is 13.1 Å². The van der Waals surface area contributed by atoms with Crippen molar-refractivity contribution in [1.82, 2.24) is 4.90 Å². The summed E-state index contributed by atoms with van der Waals surface area (Å²) in [7, 11) is 0. The van der Waals surface area contributed by atoms with Gasteiger partial charge in [-0.25, -0.2) is 4.79 Å². The van der Waals surface area contributed by atoms with Gasteiger partial charge < -0.3 is 14.7 Å². The Kier molecular flexibility index (Phi) is 3.76. The van der Waals surface area contributed by atoms with Gasteiger partial charge in [-0.05, 0) is 27.2 Å². The Bertz CT molecular complexity index is 303. The van der Waals surface area contributed by atoms with Crippen LogP contribution in [0.25, 0.3) is 0 Å². The highest BCUT2D eigenvalue weighted by Gasteiger charge is 2.31. The second-order valence-corrected chi connectivity index (χ2v) is 5.10. The third-order valence-electron chi connectivity index (χ3n) is 2.26. The van der Waals surface area contributed by atoms with E-state index in [0.717, 1.165) is 0 Å². The number of aliphatic hydroxyl groups is 1. The largest absolute Gasteiger partial charge is 0.444 e. The van der Waals surface area contributed by atoms with Crippen molar-refractivity contribution in [3.05, 3.63) is 0 Å². The highest BCUT2D eigenvalue weighted by molar-refractivity contribution is 5.68. The molecule has 5 nitrogen and oxygen atoms in total. The summed E-state index contributed by atoms with van der Waals surface area (Å²) in [5, 5.41) is 18.3. The van der Waals surface area contributed by atoms with E-state index in [1.165, 1.54) is 4.90 Å². The summed E-state index contributed by atoms with van der Waals surface area (Å²) in [4.78, 5) is 13.1. The Morgan fingerprint density at radius 2 is 2.12 bits per heavy atom. The predicted molar refractivity (Wildman–Crippen MR) is 57.5 cm³/mol. The molecule has 1 amide bonds. The quantitative estimate of drug-likeness (QED) is 0.672. The molecule has 0 radical (unpaired) electrons. The number of nitrogens with zero attached hydrogens (tertiary/aromatic N) is 2. The molecule has 1 N–H and O–H groups in total. The van der Waals surface area contributed by atoms with Crippen LogP contribution in [0.1, 0.15) is 27.2 Å². The van der Waals surface area contributed by atoms with Gasteiger partial charge in [0.25, 0.3) is 0 Å². The monoisotopic (exact) mass is 226 g/mol. The molecular formula is C11H18N2O3. The maximum Gasteiger partial charge on any atom is 0.410 e. The number of β-amino-alcohol motifs (C(OH)–C–C–N with tert-alkyl or cyclic N) is 1. The summed E-state index contributed by atoms with van der Waals surface area (Å²) in [6, 6.07) is 2.07. The number of hydrogen-bond donors (Lipinski definition) is 1. The van der Waals surface area contributed by atoms with E-state index in [2.05, 4.69) is 6.07 Å². The van der Waals surface area contributed by atoms with Crippen LogP contribution >= 0.6 is 0 Å². The van der Waals surface area contributed by atoms with Gasteiger partial charge in [-0.15, -0.1) is 0 Å². The minimum Gasteiger partial charge on any atom is -0.444 e. The van der Waals surface area contributed by atoms with Gasteiger partial charge in [0, 0.05) is 6.54 Å². The molecule has 0 aromatic rings. The third-order valence-corrected chi connectivity index (χ3v) is 2.26. The topological polar surface area (TPSA) is 73.6 Å². The van der Waals surface area contributed by atoms with Gasteiger partial charge in [0.2, 0.25) is 0 Å². The SMILES string of the molecule is CC(C)(C)OC(=O)N1CC(O)CC(C#N)C1. The van der Waals surface area contributed by atoms with Crippen LogP contribution in [0.15, 0.2) is 0 Å². The summed E-state index contributed by atoms with van der Waals surface area (Å²) in [6.45, 7) is 5.93. The molecule has 0 aliphatic carbocycles. The standard InChI is InChI=1S/C11H18N2O3/c1-11(2,3)16-10(15)13-6-8(5-12)4-9(14)7-13/h8-9,14H,4,6-7H2,1-3H3. The Balaban J connectivity index is 2.59. The molecule has 1 heterocycles. The predicted octanol–water partition coefficient (Wildman–Crippen LogP) is 1.13. The molecule has 90 valence electrons. The van der Waals surface area contributed by atoms with Crippen LogP contribution in [-0.2, 0) is 4.74 Å². The third kappa shape index (κ3) is 3.70. The molecule has 1 aliphatic rings. The first kappa shape index (κ1) is 12.8. The lowest BCUT2D eigenvalue weighted by atomic mass is 9.98. The number of piperidine rings is 1. The average molecular weight is 226 g/mol. The molecule has 0 saturated carbocycles. The van der Waals surface area contributed by atoms with E-state index >= 15 is 0 Å². The van der Waals surface area contributed by atoms with Crippen molar-refractivity contribution in [2.45, 2.75) is 38.9 Å². The first-order valence-electron chi connectivity index (χ1n) is 5.37. The number of ether oxygens (including phenoxy) is 1. The number of aliphatic hydroxyl groups excluding tert-OH is 1. The smallest absolute Gasteiger partial charge is 0.410 e. The van der Waals surface area contributed by atoms with Gasteiger partial charge in [0.15, 0.2) is 0 Å². The molecule has 5 heteroatoms. The van der Waals surface area contributed by atoms with Crippen LogP contribution < -0.4 is 0 Å². The summed E-state index contributed by atoms with van der Waals surface area (Å²) in [5.74, 6) is -0.309. The maximum atomic E-state index is 11.7. The first-order chi connectivity index (χ1) is 7.31. The van der Waals surface area contributed by atoms with E-state index in [-0.39, 0.29) is 12.5 Å². The lowest BCUT2D eigenvalue weighted by Crippen LogP contribution is -2.47. The molecular weight excluding hydrogens is 208 g/mol. The highest BCUT2D eigenvalue weighted by Crippen LogP contribution is 2.19. The van der Waals surface area contributed by atoms with E-state index in [9.17, 15) is 9.90 Å². The highest BCUT2D eigenvalue weighted by atomic mass is 16.6. The molecule has 2 atom stereocenters. The van der Waals surface area contributed by atoms with Gasteiger partial charge in [-0.2, -0.15) is 5.26 Å². The Hall–Kier alpha value is -1.28. The van der Waals surface area contributed by atoms with Gasteiger partial charge >= 0.3 is 6.09 Å². The fraction of sp³-hybridized carbons (Fsp3) is 0.818. The molecule has 0 aromatic heterocycles. The van der Waals surface area contributed by atoms with E-state index in [4.69, 9.17) is 10.00 Å². The number of amides is 1. The fourth-order valence-corrected chi connectivity index (χ4v) is 1.64. The van der Waals surface area contributed by atoms with Gasteiger partial charge in [0.05, 0.1) is 24.6 Å². The lowest BCUT2D eigenvalue weighted by Gasteiger charge is -2.34. The average Bonchev–Trinajstić information content (AvgIpc) is 2.14. The summed E-state index contributed by atoms with van der Waals surface area (Å²) >= 11 is 0. The minimum absolute atomic E-state index is 0.243. The van der Waals surface area contributed by atoms with Crippen molar-refractivity contribution in [3.8, 4) is 6.07 Å². The second-order valence-electron chi connectivity index (χ2n) is 5.10. The molecule has 1 rings (SSSR count). The van der Waals surface area contributed by atoms with Crippen LogP contribution in [0.2, 0.25) is 0 Å². The zero-order valence-corrected chi connectivity index (χ0v) is 9.93. The molecule has 0 bridgehead atoms. The number of likely N-dealkylation sites (tertiary alicyclic amines) is 1. The van der Waals surface area contributed by atoms with Gasteiger partial charge in [-0.3, -0.25) is 0 Å². The zero-order valence-electron chi connectivity index (χ0n) is 9.93. The van der Waals surface area contributed by atoms with Crippen molar-refractivity contribution >= 4 is 6.09 Å². The molecule has 1 fully saturated rings. The van der Waals surface area contributed by atoms with Crippen molar-refractivity contribution < 1.29 is 14.6 Å².